The molecule has 1 aromatic carbocycles. The Labute approximate surface area is 83.3 Å². The lowest BCUT2D eigenvalue weighted by Crippen LogP contribution is -2.11. The first-order valence-electron chi connectivity index (χ1n) is 4.43. The van der Waals surface area contributed by atoms with Gasteiger partial charge < -0.3 is 4.90 Å². The quantitative estimate of drug-likeness (QED) is 0.546. The lowest BCUT2D eigenvalue weighted by atomic mass is 10.1. The largest absolute Gasteiger partial charge is 0.378 e. The van der Waals surface area contributed by atoms with Crippen LogP contribution < -0.4 is 4.90 Å². The third kappa shape index (κ3) is 2.22. The first-order valence-corrected chi connectivity index (χ1v) is 4.43. The summed E-state index contributed by atoms with van der Waals surface area (Å²) < 4.78 is 0. The van der Waals surface area contributed by atoms with E-state index in [1.165, 1.54) is 0 Å². The van der Waals surface area contributed by atoms with E-state index in [0.29, 0.717) is 0 Å². The van der Waals surface area contributed by atoms with Crippen molar-refractivity contribution in [2.24, 2.45) is 0 Å². The summed E-state index contributed by atoms with van der Waals surface area (Å²) in [5, 5.41) is 10.6. The molecular formula is C10H14N2O2. The zero-order chi connectivity index (χ0) is 10.7. The molecule has 0 fully saturated rings. The van der Waals surface area contributed by atoms with Crippen LogP contribution in [0.3, 0.4) is 0 Å². The topological polar surface area (TPSA) is 46.4 Å². The van der Waals surface area contributed by atoms with Crippen molar-refractivity contribution in [2.75, 3.05) is 19.0 Å². The van der Waals surface area contributed by atoms with Gasteiger partial charge in [0.05, 0.1) is 0 Å². The van der Waals surface area contributed by atoms with E-state index in [4.69, 9.17) is 0 Å². The molecule has 1 aromatic rings. The van der Waals surface area contributed by atoms with E-state index in [9.17, 15) is 10.1 Å². The fourth-order valence-corrected chi connectivity index (χ4v) is 1.18. The zero-order valence-corrected chi connectivity index (χ0v) is 8.60. The summed E-state index contributed by atoms with van der Waals surface area (Å²) in [5.74, 6) is 0. The van der Waals surface area contributed by atoms with Crippen LogP contribution in [0.1, 0.15) is 18.5 Å². The van der Waals surface area contributed by atoms with Crippen molar-refractivity contribution in [3.05, 3.63) is 39.9 Å². The average molecular weight is 194 g/mol. The second kappa shape index (κ2) is 4.09. The summed E-state index contributed by atoms with van der Waals surface area (Å²) in [7, 11) is 3.83. The Kier molecular flexibility index (Phi) is 3.06. The maximum absolute atomic E-state index is 10.6. The van der Waals surface area contributed by atoms with Crippen molar-refractivity contribution in [3.63, 3.8) is 0 Å². The molecule has 0 aliphatic heterocycles. The second-order valence-electron chi connectivity index (χ2n) is 3.45. The van der Waals surface area contributed by atoms with Crippen molar-refractivity contribution >= 4 is 5.69 Å². The van der Waals surface area contributed by atoms with Crippen LogP contribution in [0.25, 0.3) is 0 Å². The fraction of sp³-hybridized carbons (Fsp3) is 0.400. The first kappa shape index (κ1) is 10.5. The molecular weight excluding hydrogens is 180 g/mol. The Hall–Kier alpha value is -1.58. The maximum Gasteiger partial charge on any atom is 0.235 e. The first-order chi connectivity index (χ1) is 6.52. The third-order valence-electron chi connectivity index (χ3n) is 2.19. The monoisotopic (exact) mass is 194 g/mol. The highest BCUT2D eigenvalue weighted by Crippen LogP contribution is 2.20. The number of hydrogen-bond donors (Lipinski definition) is 0. The molecule has 0 radical (unpaired) electrons. The van der Waals surface area contributed by atoms with E-state index in [-0.39, 0.29) is 4.92 Å². The minimum atomic E-state index is -0.644. The van der Waals surface area contributed by atoms with E-state index in [2.05, 4.69) is 0 Å². The van der Waals surface area contributed by atoms with Gasteiger partial charge in [-0.1, -0.05) is 12.1 Å². The Morgan fingerprint density at radius 1 is 1.43 bits per heavy atom. The summed E-state index contributed by atoms with van der Waals surface area (Å²) in [5.41, 5.74) is 1.72. The standard InChI is InChI=1S/C10H14N2O2/c1-8(12(13)14)9-5-4-6-10(7-9)11(2)3/h4-8H,1-3H3. The number of rotatable bonds is 3. The van der Waals surface area contributed by atoms with Gasteiger partial charge in [0.1, 0.15) is 0 Å². The summed E-state index contributed by atoms with van der Waals surface area (Å²) in [6.07, 6.45) is 0. The van der Waals surface area contributed by atoms with E-state index in [0.717, 1.165) is 11.3 Å². The lowest BCUT2D eigenvalue weighted by Gasteiger charge is -2.13. The summed E-state index contributed by atoms with van der Waals surface area (Å²) in [6, 6.07) is 6.74. The average Bonchev–Trinajstić information content (AvgIpc) is 2.16. The van der Waals surface area contributed by atoms with Gasteiger partial charge in [-0.2, -0.15) is 0 Å². The Morgan fingerprint density at radius 2 is 2.07 bits per heavy atom. The normalized spacial score (nSPS) is 12.2. The molecule has 0 aromatic heterocycles. The minimum absolute atomic E-state index is 0.283. The van der Waals surface area contributed by atoms with Crippen molar-refractivity contribution in [1.82, 2.24) is 0 Å². The number of benzene rings is 1. The highest BCUT2D eigenvalue weighted by atomic mass is 16.6. The molecule has 0 spiro atoms. The van der Waals surface area contributed by atoms with Gasteiger partial charge in [-0.3, -0.25) is 10.1 Å². The second-order valence-corrected chi connectivity index (χ2v) is 3.45. The van der Waals surface area contributed by atoms with Crippen molar-refractivity contribution < 1.29 is 4.92 Å². The van der Waals surface area contributed by atoms with Crippen molar-refractivity contribution in [3.8, 4) is 0 Å². The fourth-order valence-electron chi connectivity index (χ4n) is 1.18. The van der Waals surface area contributed by atoms with Crippen LogP contribution in [-0.4, -0.2) is 19.0 Å². The Morgan fingerprint density at radius 3 is 2.57 bits per heavy atom. The minimum Gasteiger partial charge on any atom is -0.378 e. The highest BCUT2D eigenvalue weighted by molar-refractivity contribution is 5.47. The van der Waals surface area contributed by atoms with Crippen LogP contribution in [0.4, 0.5) is 5.69 Å². The van der Waals surface area contributed by atoms with Crippen LogP contribution in [-0.2, 0) is 0 Å². The highest BCUT2D eigenvalue weighted by Gasteiger charge is 2.15. The predicted molar refractivity (Wildman–Crippen MR) is 56.2 cm³/mol. The smallest absolute Gasteiger partial charge is 0.235 e. The summed E-state index contributed by atoms with van der Waals surface area (Å²) in [6.45, 7) is 1.59. The lowest BCUT2D eigenvalue weighted by molar-refractivity contribution is -0.524. The number of nitrogens with zero attached hydrogens (tertiary/aromatic N) is 2. The molecule has 4 nitrogen and oxygen atoms in total. The van der Waals surface area contributed by atoms with Gasteiger partial charge in [0.2, 0.25) is 6.04 Å². The van der Waals surface area contributed by atoms with Gasteiger partial charge in [0.25, 0.3) is 0 Å². The predicted octanol–water partition coefficient (Wildman–Crippen LogP) is 2.09. The van der Waals surface area contributed by atoms with Gasteiger partial charge in [-0.25, -0.2) is 0 Å². The van der Waals surface area contributed by atoms with E-state index < -0.39 is 6.04 Å². The molecule has 0 amide bonds. The molecule has 0 aliphatic carbocycles. The zero-order valence-electron chi connectivity index (χ0n) is 8.60. The molecule has 76 valence electrons. The Balaban J connectivity index is 2.99. The van der Waals surface area contributed by atoms with E-state index in [1.54, 1.807) is 13.0 Å². The maximum atomic E-state index is 10.6. The number of nitro groups is 1. The molecule has 4 heteroatoms. The molecule has 0 aliphatic rings. The van der Waals surface area contributed by atoms with Gasteiger partial charge in [-0.15, -0.1) is 0 Å². The van der Waals surface area contributed by atoms with Crippen LogP contribution in [0.2, 0.25) is 0 Å². The van der Waals surface area contributed by atoms with Gasteiger partial charge in [-0.05, 0) is 12.1 Å². The van der Waals surface area contributed by atoms with Crippen molar-refractivity contribution in [1.29, 1.82) is 0 Å². The van der Waals surface area contributed by atoms with Crippen LogP contribution >= 0.6 is 0 Å². The van der Waals surface area contributed by atoms with Crippen LogP contribution in [0.15, 0.2) is 24.3 Å². The number of hydrogen-bond acceptors (Lipinski definition) is 3. The molecule has 1 rings (SSSR count). The van der Waals surface area contributed by atoms with Crippen molar-refractivity contribution in [2.45, 2.75) is 13.0 Å². The third-order valence-corrected chi connectivity index (χ3v) is 2.19. The molecule has 0 heterocycles. The van der Waals surface area contributed by atoms with E-state index in [1.807, 2.05) is 37.2 Å². The molecule has 0 saturated heterocycles. The van der Waals surface area contributed by atoms with Crippen LogP contribution in [0, 0.1) is 10.1 Å². The SMILES string of the molecule is CC(c1cccc(N(C)C)c1)[N+](=O)[O-]. The molecule has 1 atom stereocenters. The molecule has 1 unspecified atom stereocenters. The molecule has 0 bridgehead atoms. The van der Waals surface area contributed by atoms with Crippen LogP contribution in [0.5, 0.6) is 0 Å². The summed E-state index contributed by atoms with van der Waals surface area (Å²) >= 11 is 0. The molecule has 0 saturated carbocycles. The van der Waals surface area contributed by atoms with Gasteiger partial charge >= 0.3 is 0 Å². The van der Waals surface area contributed by atoms with Gasteiger partial charge in [0.15, 0.2) is 0 Å². The Bertz CT molecular complexity index is 337. The molecule has 14 heavy (non-hydrogen) atoms. The molecule has 0 N–H and O–H groups in total. The van der Waals surface area contributed by atoms with Gasteiger partial charge in [0, 0.05) is 37.2 Å². The van der Waals surface area contributed by atoms with E-state index >= 15 is 0 Å². The summed E-state index contributed by atoms with van der Waals surface area (Å²) in [4.78, 5) is 12.2. The number of anilines is 1.